The number of carbonyl (C=O) groups excluding carboxylic acids is 4. The van der Waals surface area contributed by atoms with Gasteiger partial charge in [-0.3, -0.25) is 14.4 Å². The Kier molecular flexibility index (Phi) is 10.5. The lowest BCUT2D eigenvalue weighted by Gasteiger charge is -2.38. The molecule has 1 N–H and O–H groups in total. The van der Waals surface area contributed by atoms with Crippen LogP contribution >= 0.6 is 0 Å². The van der Waals surface area contributed by atoms with Crippen LogP contribution in [0.5, 0.6) is 0 Å². The molecular weight excluding hydrogens is 392 g/mol. The van der Waals surface area contributed by atoms with E-state index in [4.69, 9.17) is 9.26 Å². The highest BCUT2D eigenvalue weighted by atomic mass is 28.4. The van der Waals surface area contributed by atoms with Gasteiger partial charge in [0.2, 0.25) is 5.91 Å². The lowest BCUT2D eigenvalue weighted by molar-refractivity contribution is -0.197. The molecule has 1 fully saturated rings. The molecule has 0 radical (unpaired) electrons. The fourth-order valence-electron chi connectivity index (χ4n) is 3.80. The summed E-state index contributed by atoms with van der Waals surface area (Å²) in [5, 5.41) is 3.42. The van der Waals surface area contributed by atoms with Crippen LogP contribution in [0.1, 0.15) is 73.1 Å². The molecule has 0 atom stereocenters. The summed E-state index contributed by atoms with van der Waals surface area (Å²) in [5.74, 6) is -1.81. The number of hydrogen-bond acceptors (Lipinski definition) is 6. The molecule has 29 heavy (non-hydrogen) atoms. The van der Waals surface area contributed by atoms with E-state index in [0.29, 0.717) is 29.1 Å². The third-order valence-electron chi connectivity index (χ3n) is 5.42. The van der Waals surface area contributed by atoms with E-state index in [9.17, 15) is 19.2 Å². The maximum atomic E-state index is 12.0. The van der Waals surface area contributed by atoms with Gasteiger partial charge < -0.3 is 14.6 Å². The molecule has 166 valence electrons. The smallest absolute Gasteiger partial charge is 0.333 e. The van der Waals surface area contributed by atoms with Crippen molar-refractivity contribution in [1.29, 1.82) is 0 Å². The minimum absolute atomic E-state index is 0.0223. The summed E-state index contributed by atoms with van der Waals surface area (Å²) < 4.78 is 6.24. The highest BCUT2D eigenvalue weighted by Crippen LogP contribution is 2.37. The van der Waals surface area contributed by atoms with Crippen LogP contribution in [0.4, 0.5) is 0 Å². The molecule has 0 aromatic carbocycles. The Hall–Kier alpha value is -1.74. The number of hydroxylamine groups is 2. The van der Waals surface area contributed by atoms with E-state index >= 15 is 0 Å². The Balaban J connectivity index is 2.27. The molecule has 1 heterocycles. The topological polar surface area (TPSA) is 102 Å². The highest BCUT2D eigenvalue weighted by Gasteiger charge is 2.41. The van der Waals surface area contributed by atoms with Crippen molar-refractivity contribution in [1.82, 2.24) is 10.4 Å². The van der Waals surface area contributed by atoms with Crippen molar-refractivity contribution in [2.45, 2.75) is 90.3 Å². The number of rotatable bonds is 13. The Morgan fingerprint density at radius 2 is 1.62 bits per heavy atom. The van der Waals surface area contributed by atoms with E-state index in [0.717, 1.165) is 19.1 Å². The van der Waals surface area contributed by atoms with Crippen molar-refractivity contribution in [3.63, 3.8) is 0 Å². The zero-order valence-electron chi connectivity index (χ0n) is 18.4. The molecule has 9 heteroatoms. The van der Waals surface area contributed by atoms with E-state index in [1.807, 2.05) is 6.92 Å². The third kappa shape index (κ3) is 7.54. The van der Waals surface area contributed by atoms with Gasteiger partial charge in [0.25, 0.3) is 11.8 Å². The van der Waals surface area contributed by atoms with Crippen LogP contribution in [0.2, 0.25) is 17.1 Å². The Morgan fingerprint density at radius 1 is 1.03 bits per heavy atom. The van der Waals surface area contributed by atoms with Gasteiger partial charge in [0.1, 0.15) is 0 Å². The fourth-order valence-corrected chi connectivity index (χ4v) is 8.36. The summed E-state index contributed by atoms with van der Waals surface area (Å²) in [6, 6.07) is 1.00. The zero-order valence-corrected chi connectivity index (χ0v) is 19.4. The minimum Gasteiger partial charge on any atom is -0.417 e. The fraction of sp³-hybridized carbons (Fsp3) is 0.800. The second-order valence-electron chi connectivity index (χ2n) is 8.05. The van der Waals surface area contributed by atoms with Crippen LogP contribution in [0.25, 0.3) is 0 Å². The van der Waals surface area contributed by atoms with Crippen LogP contribution in [0, 0.1) is 0 Å². The number of nitrogens with one attached hydrogen (secondary N) is 1. The summed E-state index contributed by atoms with van der Waals surface area (Å²) >= 11 is 0. The van der Waals surface area contributed by atoms with Crippen LogP contribution in [0.15, 0.2) is 0 Å². The van der Waals surface area contributed by atoms with Gasteiger partial charge in [-0.05, 0) is 36.9 Å². The molecular formula is C20H36N2O6Si. The predicted molar refractivity (Wildman–Crippen MR) is 111 cm³/mol. The number of imide groups is 1. The number of hydrogen-bond donors (Lipinski definition) is 1. The van der Waals surface area contributed by atoms with Crippen molar-refractivity contribution in [3.8, 4) is 0 Å². The maximum absolute atomic E-state index is 12.0. The van der Waals surface area contributed by atoms with Crippen LogP contribution < -0.4 is 5.32 Å². The van der Waals surface area contributed by atoms with Gasteiger partial charge in [0, 0.05) is 38.8 Å². The lowest BCUT2D eigenvalue weighted by atomic mass is 10.2. The third-order valence-corrected chi connectivity index (χ3v) is 11.3. The van der Waals surface area contributed by atoms with Gasteiger partial charge in [-0.1, -0.05) is 27.7 Å². The maximum Gasteiger partial charge on any atom is 0.333 e. The van der Waals surface area contributed by atoms with Crippen molar-refractivity contribution >= 4 is 32.0 Å². The van der Waals surface area contributed by atoms with Crippen molar-refractivity contribution < 1.29 is 28.4 Å². The summed E-state index contributed by atoms with van der Waals surface area (Å²) in [6.07, 6.45) is 1.47. The van der Waals surface area contributed by atoms with Gasteiger partial charge >= 0.3 is 5.97 Å². The quantitative estimate of drug-likeness (QED) is 0.275. The molecule has 1 aliphatic rings. The summed E-state index contributed by atoms with van der Waals surface area (Å²) in [7, 11) is -1.86. The van der Waals surface area contributed by atoms with Crippen LogP contribution in [-0.2, 0) is 28.4 Å². The van der Waals surface area contributed by atoms with Crippen molar-refractivity contribution in [2.24, 2.45) is 0 Å². The van der Waals surface area contributed by atoms with Crippen molar-refractivity contribution in [2.75, 3.05) is 13.2 Å². The molecule has 0 unspecified atom stereocenters. The molecule has 0 bridgehead atoms. The molecule has 0 aromatic rings. The monoisotopic (exact) mass is 428 g/mol. The molecule has 0 aliphatic carbocycles. The summed E-state index contributed by atoms with van der Waals surface area (Å²) in [4.78, 5) is 51.3. The molecule has 1 aliphatic heterocycles. The van der Waals surface area contributed by atoms with Gasteiger partial charge in [-0.2, -0.15) is 0 Å². The number of carbonyl (C=O) groups is 4. The van der Waals surface area contributed by atoms with E-state index in [1.54, 1.807) is 0 Å². The average Bonchev–Trinajstić information content (AvgIpc) is 2.95. The Labute approximate surface area is 174 Å². The van der Waals surface area contributed by atoms with Gasteiger partial charge in [-0.25, -0.2) is 4.79 Å². The first-order valence-corrected chi connectivity index (χ1v) is 12.9. The van der Waals surface area contributed by atoms with E-state index in [2.05, 4.69) is 33.0 Å². The molecule has 1 rings (SSSR count). The average molecular weight is 429 g/mol. The molecule has 0 spiro atoms. The van der Waals surface area contributed by atoms with Crippen LogP contribution in [0.3, 0.4) is 0 Å². The first-order valence-electron chi connectivity index (χ1n) is 10.6. The molecule has 1 saturated heterocycles. The second-order valence-corrected chi connectivity index (χ2v) is 13.1. The first-order chi connectivity index (χ1) is 13.6. The van der Waals surface area contributed by atoms with Gasteiger partial charge in [-0.15, -0.1) is 5.06 Å². The first kappa shape index (κ1) is 25.3. The van der Waals surface area contributed by atoms with E-state index in [-0.39, 0.29) is 31.6 Å². The van der Waals surface area contributed by atoms with Crippen LogP contribution in [-0.4, -0.2) is 50.2 Å². The highest BCUT2D eigenvalue weighted by molar-refractivity contribution is 6.76. The largest absolute Gasteiger partial charge is 0.417 e. The van der Waals surface area contributed by atoms with Gasteiger partial charge in [0.15, 0.2) is 8.32 Å². The zero-order chi connectivity index (χ0) is 22.0. The van der Waals surface area contributed by atoms with Crippen molar-refractivity contribution in [3.05, 3.63) is 0 Å². The number of amides is 3. The molecule has 8 nitrogen and oxygen atoms in total. The van der Waals surface area contributed by atoms with E-state index < -0.39 is 26.1 Å². The van der Waals surface area contributed by atoms with Gasteiger partial charge in [0.05, 0.1) is 0 Å². The second kappa shape index (κ2) is 12.1. The summed E-state index contributed by atoms with van der Waals surface area (Å²) in [6.45, 7) is 12.2. The molecule has 3 amide bonds. The Morgan fingerprint density at radius 3 is 2.14 bits per heavy atom. The predicted octanol–water partition coefficient (Wildman–Crippen LogP) is 3.07. The summed E-state index contributed by atoms with van der Waals surface area (Å²) in [5.41, 5.74) is 1.03. The molecule has 0 aromatic heterocycles. The number of nitrogens with zero attached hydrogens (tertiary/aromatic N) is 1. The minimum atomic E-state index is -1.86. The lowest BCUT2D eigenvalue weighted by Crippen LogP contribution is -2.45. The standard InChI is InChI=1S/C20H36N2O6Si/c1-6-27-29(15(2)3,16(4)5)14-8-13-21-17(23)9-7-10-20(26)28-22-18(24)11-12-19(22)25/h15-16H,6-14H2,1-5H3,(H,21,23). The Bertz CT molecular complexity index is 570. The SMILES string of the molecule is CCO[Si](CCCNC(=O)CCCC(=O)ON1C(=O)CCC1=O)(C(C)C)C(C)C. The molecule has 0 saturated carbocycles. The van der Waals surface area contributed by atoms with E-state index in [1.165, 1.54) is 0 Å². The normalized spacial score (nSPS) is 14.8.